The maximum absolute atomic E-state index is 12.3. The lowest BCUT2D eigenvalue weighted by Crippen LogP contribution is -2.36. The summed E-state index contributed by atoms with van der Waals surface area (Å²) in [7, 11) is 0. The first-order valence-electron chi connectivity index (χ1n) is 8.59. The van der Waals surface area contributed by atoms with Crippen molar-refractivity contribution in [3.05, 3.63) is 53.7 Å². The molecule has 2 aromatic rings. The highest BCUT2D eigenvalue weighted by molar-refractivity contribution is 5.96. The standard InChI is InChI=1S/C19H19N3O4/c23-18(11-16-14-3-1-2-4-15(14)19(24)26-16)21-13-5-6-17(20-12-13)22-7-9-25-10-8-22/h1-6,12,16H,7-11H2,(H,21,23)/t16-/m1/s1. The van der Waals surface area contributed by atoms with Crippen LogP contribution in [0.4, 0.5) is 11.5 Å². The number of cyclic esters (lactones) is 1. The Balaban J connectivity index is 1.37. The van der Waals surface area contributed by atoms with Crippen LogP contribution in [0.5, 0.6) is 0 Å². The highest BCUT2D eigenvalue weighted by Crippen LogP contribution is 2.32. The van der Waals surface area contributed by atoms with Crippen molar-refractivity contribution >= 4 is 23.4 Å². The molecular formula is C19H19N3O4. The van der Waals surface area contributed by atoms with E-state index in [1.165, 1.54) is 0 Å². The minimum absolute atomic E-state index is 0.0773. The fourth-order valence-corrected chi connectivity index (χ4v) is 3.19. The van der Waals surface area contributed by atoms with E-state index in [4.69, 9.17) is 9.47 Å². The van der Waals surface area contributed by atoms with E-state index >= 15 is 0 Å². The van der Waals surface area contributed by atoms with Gasteiger partial charge < -0.3 is 19.7 Å². The van der Waals surface area contributed by atoms with Gasteiger partial charge in [-0.05, 0) is 18.2 Å². The van der Waals surface area contributed by atoms with Crippen LogP contribution in [0.25, 0.3) is 0 Å². The second-order valence-electron chi connectivity index (χ2n) is 6.24. The van der Waals surface area contributed by atoms with Crippen molar-refractivity contribution in [3.63, 3.8) is 0 Å². The summed E-state index contributed by atoms with van der Waals surface area (Å²) < 4.78 is 10.6. The molecule has 134 valence electrons. The predicted octanol–water partition coefficient (Wildman–Crippen LogP) is 2.16. The lowest BCUT2D eigenvalue weighted by atomic mass is 10.0. The van der Waals surface area contributed by atoms with Gasteiger partial charge in [-0.3, -0.25) is 4.79 Å². The highest BCUT2D eigenvalue weighted by atomic mass is 16.5. The molecule has 1 aromatic heterocycles. The summed E-state index contributed by atoms with van der Waals surface area (Å²) >= 11 is 0. The van der Waals surface area contributed by atoms with Crippen molar-refractivity contribution < 1.29 is 19.1 Å². The Morgan fingerprint density at radius 2 is 2.00 bits per heavy atom. The number of nitrogens with zero attached hydrogens (tertiary/aromatic N) is 2. The number of fused-ring (bicyclic) bond motifs is 1. The second-order valence-corrected chi connectivity index (χ2v) is 6.24. The smallest absolute Gasteiger partial charge is 0.339 e. The van der Waals surface area contributed by atoms with Crippen molar-refractivity contribution in [2.75, 3.05) is 36.5 Å². The van der Waals surface area contributed by atoms with Gasteiger partial charge in [-0.25, -0.2) is 9.78 Å². The largest absolute Gasteiger partial charge is 0.453 e. The molecule has 1 aromatic carbocycles. The van der Waals surface area contributed by atoms with E-state index < -0.39 is 6.10 Å². The summed E-state index contributed by atoms with van der Waals surface area (Å²) in [5, 5.41) is 2.81. The highest BCUT2D eigenvalue weighted by Gasteiger charge is 2.32. The van der Waals surface area contributed by atoms with Gasteiger partial charge in [0.2, 0.25) is 5.91 Å². The summed E-state index contributed by atoms with van der Waals surface area (Å²) in [6, 6.07) is 10.8. The molecule has 2 aliphatic heterocycles. The van der Waals surface area contributed by atoms with E-state index in [1.54, 1.807) is 18.3 Å². The monoisotopic (exact) mass is 353 g/mol. The number of morpholine rings is 1. The molecule has 2 aliphatic rings. The SMILES string of the molecule is O=C(C[C@H]1OC(=O)c2ccccc21)Nc1ccc(N2CCOCC2)nc1. The molecule has 0 bridgehead atoms. The lowest BCUT2D eigenvalue weighted by Gasteiger charge is -2.27. The van der Waals surface area contributed by atoms with Gasteiger partial charge in [0, 0.05) is 18.7 Å². The average molecular weight is 353 g/mol. The summed E-state index contributed by atoms with van der Waals surface area (Å²) in [4.78, 5) is 30.7. The number of carbonyl (C=O) groups excluding carboxylic acids is 2. The molecule has 26 heavy (non-hydrogen) atoms. The Labute approximate surface area is 150 Å². The molecule has 1 atom stereocenters. The number of carbonyl (C=O) groups is 2. The summed E-state index contributed by atoms with van der Waals surface area (Å²) in [6.07, 6.45) is 1.17. The number of esters is 1. The topological polar surface area (TPSA) is 80.8 Å². The molecule has 7 nitrogen and oxygen atoms in total. The molecule has 0 radical (unpaired) electrons. The Morgan fingerprint density at radius 3 is 2.77 bits per heavy atom. The first kappa shape index (κ1) is 16.5. The first-order chi connectivity index (χ1) is 12.7. The Morgan fingerprint density at radius 1 is 1.19 bits per heavy atom. The number of benzene rings is 1. The van der Waals surface area contributed by atoms with Crippen LogP contribution in [0.2, 0.25) is 0 Å². The van der Waals surface area contributed by atoms with Gasteiger partial charge in [0.25, 0.3) is 0 Å². The van der Waals surface area contributed by atoms with Crippen LogP contribution in [-0.4, -0.2) is 43.2 Å². The molecule has 4 rings (SSSR count). The minimum atomic E-state index is -0.542. The van der Waals surface area contributed by atoms with Crippen LogP contribution in [0.15, 0.2) is 42.6 Å². The van der Waals surface area contributed by atoms with Gasteiger partial charge in [0.1, 0.15) is 11.9 Å². The van der Waals surface area contributed by atoms with E-state index in [9.17, 15) is 9.59 Å². The van der Waals surface area contributed by atoms with Crippen LogP contribution in [0.1, 0.15) is 28.4 Å². The van der Waals surface area contributed by atoms with Gasteiger partial charge in [-0.15, -0.1) is 0 Å². The number of anilines is 2. The van der Waals surface area contributed by atoms with Crippen molar-refractivity contribution in [2.45, 2.75) is 12.5 Å². The van der Waals surface area contributed by atoms with Crippen LogP contribution >= 0.6 is 0 Å². The zero-order chi connectivity index (χ0) is 17.9. The Bertz CT molecular complexity index is 816. The fourth-order valence-electron chi connectivity index (χ4n) is 3.19. The maximum Gasteiger partial charge on any atom is 0.339 e. The number of nitrogens with one attached hydrogen (secondary N) is 1. The van der Waals surface area contributed by atoms with Gasteiger partial charge in [0.05, 0.1) is 37.1 Å². The Hall–Kier alpha value is -2.93. The van der Waals surface area contributed by atoms with Gasteiger partial charge >= 0.3 is 5.97 Å². The fraction of sp³-hybridized carbons (Fsp3) is 0.316. The zero-order valence-corrected chi connectivity index (χ0v) is 14.2. The van der Waals surface area contributed by atoms with E-state index in [-0.39, 0.29) is 18.3 Å². The Kier molecular flexibility index (Phi) is 4.53. The van der Waals surface area contributed by atoms with Crippen LogP contribution in [-0.2, 0) is 14.3 Å². The number of amides is 1. The molecule has 0 saturated carbocycles. The number of hydrogen-bond acceptors (Lipinski definition) is 6. The number of aromatic nitrogens is 1. The van der Waals surface area contributed by atoms with Crippen LogP contribution < -0.4 is 10.2 Å². The molecule has 1 N–H and O–H groups in total. The average Bonchev–Trinajstić information content (AvgIpc) is 2.99. The lowest BCUT2D eigenvalue weighted by molar-refractivity contribution is -0.118. The summed E-state index contributed by atoms with van der Waals surface area (Å²) in [6.45, 7) is 3.01. The summed E-state index contributed by atoms with van der Waals surface area (Å²) in [5.74, 6) is 0.264. The molecule has 0 aliphatic carbocycles. The first-order valence-corrected chi connectivity index (χ1v) is 8.59. The predicted molar refractivity (Wildman–Crippen MR) is 95.1 cm³/mol. The molecule has 7 heteroatoms. The normalized spacial score (nSPS) is 19.0. The summed E-state index contributed by atoms with van der Waals surface area (Å²) in [5.41, 5.74) is 1.90. The molecule has 1 amide bonds. The van der Waals surface area contributed by atoms with E-state index in [0.717, 1.165) is 24.5 Å². The maximum atomic E-state index is 12.3. The third kappa shape index (κ3) is 3.39. The van der Waals surface area contributed by atoms with E-state index in [1.807, 2.05) is 24.3 Å². The van der Waals surface area contributed by atoms with Gasteiger partial charge in [-0.1, -0.05) is 18.2 Å². The van der Waals surface area contributed by atoms with E-state index in [0.29, 0.717) is 24.5 Å². The minimum Gasteiger partial charge on any atom is -0.453 e. The molecule has 0 unspecified atom stereocenters. The third-order valence-electron chi connectivity index (χ3n) is 4.51. The zero-order valence-electron chi connectivity index (χ0n) is 14.2. The molecule has 1 fully saturated rings. The second kappa shape index (κ2) is 7.13. The van der Waals surface area contributed by atoms with Crippen molar-refractivity contribution in [3.8, 4) is 0 Å². The van der Waals surface area contributed by atoms with Gasteiger partial charge in [-0.2, -0.15) is 0 Å². The van der Waals surface area contributed by atoms with Crippen molar-refractivity contribution in [1.82, 2.24) is 4.98 Å². The molecular weight excluding hydrogens is 334 g/mol. The van der Waals surface area contributed by atoms with Crippen molar-refractivity contribution in [2.24, 2.45) is 0 Å². The number of pyridine rings is 1. The van der Waals surface area contributed by atoms with Gasteiger partial charge in [0.15, 0.2) is 0 Å². The molecule has 1 saturated heterocycles. The number of rotatable bonds is 4. The number of hydrogen-bond donors (Lipinski definition) is 1. The quantitative estimate of drug-likeness (QED) is 0.849. The van der Waals surface area contributed by atoms with Crippen molar-refractivity contribution in [1.29, 1.82) is 0 Å². The van der Waals surface area contributed by atoms with E-state index in [2.05, 4.69) is 15.2 Å². The van der Waals surface area contributed by atoms with Crippen LogP contribution in [0, 0.1) is 0 Å². The third-order valence-corrected chi connectivity index (χ3v) is 4.51. The van der Waals surface area contributed by atoms with Crippen LogP contribution in [0.3, 0.4) is 0 Å². The molecule has 0 spiro atoms. The molecule has 3 heterocycles. The number of ether oxygens (including phenoxy) is 2.